The van der Waals surface area contributed by atoms with E-state index in [9.17, 15) is 4.79 Å². The van der Waals surface area contributed by atoms with Gasteiger partial charge in [-0.1, -0.05) is 20.3 Å². The summed E-state index contributed by atoms with van der Waals surface area (Å²) in [5.74, 6) is 0.599. The maximum absolute atomic E-state index is 13.0. The summed E-state index contributed by atoms with van der Waals surface area (Å²) in [4.78, 5) is 26.2. The lowest BCUT2D eigenvalue weighted by molar-refractivity contribution is 0.0725. The van der Waals surface area contributed by atoms with Crippen molar-refractivity contribution in [3.8, 4) is 0 Å². The van der Waals surface area contributed by atoms with Gasteiger partial charge >= 0.3 is 0 Å². The molecule has 136 valence electrons. The normalized spacial score (nSPS) is 19.0. The summed E-state index contributed by atoms with van der Waals surface area (Å²) in [7, 11) is 4.18. The third kappa shape index (κ3) is 4.00. The summed E-state index contributed by atoms with van der Waals surface area (Å²) in [6, 6.07) is 2.31. The molecule has 1 saturated heterocycles. The molecule has 0 aliphatic carbocycles. The molecule has 0 unspecified atom stereocenters. The summed E-state index contributed by atoms with van der Waals surface area (Å²) in [6.45, 7) is 6.83. The molecule has 0 spiro atoms. The highest BCUT2D eigenvalue weighted by Gasteiger charge is 2.24. The number of rotatable bonds is 4. The van der Waals surface area contributed by atoms with Crippen LogP contribution in [0.5, 0.6) is 0 Å². The second-order valence-corrected chi connectivity index (χ2v) is 7.72. The van der Waals surface area contributed by atoms with E-state index in [1.54, 1.807) is 6.20 Å². The molecule has 1 aliphatic rings. The van der Waals surface area contributed by atoms with Gasteiger partial charge in [0.2, 0.25) is 0 Å². The number of nitrogens with zero attached hydrogens (tertiary/aromatic N) is 5. The largest absolute Gasteiger partial charge is 0.337 e. The number of hydrogen-bond acceptors (Lipinski definition) is 4. The Bertz CT molecular complexity index is 736. The molecule has 0 bridgehead atoms. The number of likely N-dealkylation sites (tertiary alicyclic amines) is 1. The predicted molar refractivity (Wildman–Crippen MR) is 99.6 cm³/mol. The number of pyridine rings is 1. The van der Waals surface area contributed by atoms with Crippen molar-refractivity contribution in [3.05, 3.63) is 24.2 Å². The highest BCUT2D eigenvalue weighted by Crippen LogP contribution is 2.19. The van der Waals surface area contributed by atoms with Crippen molar-refractivity contribution in [2.45, 2.75) is 45.7 Å². The molecule has 1 fully saturated rings. The first-order valence-corrected chi connectivity index (χ1v) is 9.22. The molecule has 3 rings (SSSR count). The first kappa shape index (κ1) is 17.9. The summed E-state index contributed by atoms with van der Waals surface area (Å²) < 4.78 is 2.06. The Hall–Kier alpha value is -1.95. The molecule has 1 atom stereocenters. The molecule has 1 aliphatic heterocycles. The van der Waals surface area contributed by atoms with Crippen LogP contribution in [0.2, 0.25) is 0 Å². The van der Waals surface area contributed by atoms with E-state index < -0.39 is 0 Å². The van der Waals surface area contributed by atoms with Crippen LogP contribution in [0.25, 0.3) is 11.2 Å². The summed E-state index contributed by atoms with van der Waals surface area (Å²) in [5.41, 5.74) is 2.29. The van der Waals surface area contributed by atoms with Crippen molar-refractivity contribution in [2.75, 3.05) is 27.2 Å². The standard InChI is InChI=1S/C19H29N5O/c1-14(2)11-24-13-21-17-9-15(10-20-18(17)24)19(25)23-8-6-5-7-16(12-23)22(3)4/h9-10,13-14,16H,5-8,11-12H2,1-4H3/t16-/m0/s1. The van der Waals surface area contributed by atoms with Gasteiger partial charge in [0.15, 0.2) is 5.65 Å². The molecule has 25 heavy (non-hydrogen) atoms. The van der Waals surface area contributed by atoms with E-state index in [2.05, 4.69) is 47.4 Å². The van der Waals surface area contributed by atoms with E-state index in [1.165, 1.54) is 6.42 Å². The van der Waals surface area contributed by atoms with Crippen LogP contribution in [0.15, 0.2) is 18.6 Å². The Kier molecular flexibility index (Phi) is 5.37. The summed E-state index contributed by atoms with van der Waals surface area (Å²) >= 11 is 0. The monoisotopic (exact) mass is 343 g/mol. The summed E-state index contributed by atoms with van der Waals surface area (Å²) in [5, 5.41) is 0. The van der Waals surface area contributed by atoms with Crippen molar-refractivity contribution in [1.29, 1.82) is 0 Å². The van der Waals surface area contributed by atoms with E-state index in [-0.39, 0.29) is 5.91 Å². The minimum atomic E-state index is 0.0709. The predicted octanol–water partition coefficient (Wildman–Crippen LogP) is 2.64. The van der Waals surface area contributed by atoms with Crippen molar-refractivity contribution < 1.29 is 4.79 Å². The number of amides is 1. The van der Waals surface area contributed by atoms with Crippen LogP contribution in [-0.4, -0.2) is 63.5 Å². The van der Waals surface area contributed by atoms with Gasteiger partial charge in [-0.3, -0.25) is 4.79 Å². The molecule has 0 N–H and O–H groups in total. The lowest BCUT2D eigenvalue weighted by Crippen LogP contribution is -2.42. The van der Waals surface area contributed by atoms with Crippen molar-refractivity contribution >= 4 is 17.1 Å². The van der Waals surface area contributed by atoms with Crippen molar-refractivity contribution in [3.63, 3.8) is 0 Å². The number of carbonyl (C=O) groups excluding carboxylic acids is 1. The quantitative estimate of drug-likeness (QED) is 0.856. The Labute approximate surface area is 149 Å². The number of aromatic nitrogens is 3. The third-order valence-electron chi connectivity index (χ3n) is 4.93. The molecule has 0 radical (unpaired) electrons. The summed E-state index contributed by atoms with van der Waals surface area (Å²) in [6.07, 6.45) is 6.91. The fraction of sp³-hybridized carbons (Fsp3) is 0.632. The zero-order chi connectivity index (χ0) is 18.0. The Balaban J connectivity index is 1.81. The van der Waals surface area contributed by atoms with Gasteiger partial charge in [-0.25, -0.2) is 9.97 Å². The van der Waals surface area contributed by atoms with E-state index in [4.69, 9.17) is 0 Å². The minimum Gasteiger partial charge on any atom is -0.337 e. The van der Waals surface area contributed by atoms with Gasteiger partial charge in [0.1, 0.15) is 5.52 Å². The van der Waals surface area contributed by atoms with Crippen molar-refractivity contribution in [1.82, 2.24) is 24.3 Å². The van der Waals surface area contributed by atoms with E-state index in [0.29, 0.717) is 17.5 Å². The van der Waals surface area contributed by atoms with E-state index >= 15 is 0 Å². The lowest BCUT2D eigenvalue weighted by Gasteiger charge is -2.28. The molecule has 2 aromatic heterocycles. The highest BCUT2D eigenvalue weighted by atomic mass is 16.2. The molecule has 1 amide bonds. The minimum absolute atomic E-state index is 0.0709. The number of imidazole rings is 1. The SMILES string of the molecule is CC(C)Cn1cnc2cc(C(=O)N3CCCC[C@H](N(C)C)C3)cnc21. The molecule has 6 heteroatoms. The van der Waals surface area contributed by atoms with Crippen LogP contribution in [0.3, 0.4) is 0 Å². The number of hydrogen-bond donors (Lipinski definition) is 0. The van der Waals surface area contributed by atoms with Gasteiger partial charge in [-0.2, -0.15) is 0 Å². The van der Waals surface area contributed by atoms with Crippen LogP contribution in [0, 0.1) is 5.92 Å². The number of likely N-dealkylation sites (N-methyl/N-ethyl adjacent to an activating group) is 1. The molecule has 2 aromatic rings. The number of fused-ring (bicyclic) bond motifs is 1. The lowest BCUT2D eigenvalue weighted by atomic mass is 10.1. The molecular formula is C19H29N5O. The van der Waals surface area contributed by atoms with Crippen LogP contribution in [0.1, 0.15) is 43.5 Å². The average Bonchev–Trinajstić information content (AvgIpc) is 2.81. The van der Waals surface area contributed by atoms with Gasteiger partial charge in [0.05, 0.1) is 11.9 Å². The van der Waals surface area contributed by atoms with Gasteiger partial charge in [-0.05, 0) is 38.9 Å². The highest BCUT2D eigenvalue weighted by molar-refractivity contribution is 5.96. The van der Waals surface area contributed by atoms with Crippen LogP contribution in [-0.2, 0) is 6.54 Å². The molecule has 6 nitrogen and oxygen atoms in total. The van der Waals surface area contributed by atoms with Gasteiger partial charge in [0.25, 0.3) is 5.91 Å². The topological polar surface area (TPSA) is 54.3 Å². The number of carbonyl (C=O) groups is 1. The van der Waals surface area contributed by atoms with Crippen molar-refractivity contribution in [2.24, 2.45) is 5.92 Å². The molecule has 0 saturated carbocycles. The Morgan fingerprint density at radius 1 is 1.32 bits per heavy atom. The molecule has 0 aromatic carbocycles. The van der Waals surface area contributed by atoms with Crippen LogP contribution < -0.4 is 0 Å². The first-order chi connectivity index (χ1) is 12.0. The van der Waals surface area contributed by atoms with E-state index in [0.717, 1.165) is 43.6 Å². The van der Waals surface area contributed by atoms with Gasteiger partial charge in [-0.15, -0.1) is 0 Å². The van der Waals surface area contributed by atoms with Crippen LogP contribution in [0.4, 0.5) is 0 Å². The molecular weight excluding hydrogens is 314 g/mol. The van der Waals surface area contributed by atoms with Gasteiger partial charge in [0, 0.05) is 31.9 Å². The maximum Gasteiger partial charge on any atom is 0.255 e. The Morgan fingerprint density at radius 3 is 2.84 bits per heavy atom. The average molecular weight is 343 g/mol. The fourth-order valence-electron chi connectivity index (χ4n) is 3.50. The smallest absolute Gasteiger partial charge is 0.255 e. The zero-order valence-corrected chi connectivity index (χ0v) is 15.8. The third-order valence-corrected chi connectivity index (χ3v) is 4.93. The molecule has 3 heterocycles. The Morgan fingerprint density at radius 2 is 2.12 bits per heavy atom. The van der Waals surface area contributed by atoms with Gasteiger partial charge < -0.3 is 14.4 Å². The van der Waals surface area contributed by atoms with Crippen LogP contribution >= 0.6 is 0 Å². The zero-order valence-electron chi connectivity index (χ0n) is 15.8. The second kappa shape index (κ2) is 7.52. The van der Waals surface area contributed by atoms with E-state index in [1.807, 2.05) is 17.3 Å². The second-order valence-electron chi connectivity index (χ2n) is 7.72. The maximum atomic E-state index is 13.0. The first-order valence-electron chi connectivity index (χ1n) is 9.22. The fourth-order valence-corrected chi connectivity index (χ4v) is 3.50.